The largest absolute Gasteiger partial charge is 0.493 e. The number of anilines is 4. The van der Waals surface area contributed by atoms with Gasteiger partial charge in [0, 0.05) is 31.7 Å². The van der Waals surface area contributed by atoms with Gasteiger partial charge in [0.05, 0.1) is 39.5 Å². The van der Waals surface area contributed by atoms with Gasteiger partial charge in [0.25, 0.3) is 0 Å². The maximum absolute atomic E-state index is 12.5. The lowest BCUT2D eigenvalue weighted by Gasteiger charge is -2.38. The molecule has 2 N–H and O–H groups in total. The fraction of sp³-hybridized carbons (Fsp3) is 0.531. The zero-order valence-corrected chi connectivity index (χ0v) is 28.0. The highest BCUT2D eigenvalue weighted by Crippen LogP contribution is 2.41. The first kappa shape index (κ1) is 33.0. The number of aryl methyl sites for hydroxylation is 1. The second-order valence-electron chi connectivity index (χ2n) is 11.5. The summed E-state index contributed by atoms with van der Waals surface area (Å²) < 4.78 is 21.9. The number of fused-ring (bicyclic) bond motifs is 1. The Labute approximate surface area is 272 Å². The molecule has 5 rings (SSSR count). The van der Waals surface area contributed by atoms with E-state index >= 15 is 0 Å². The molecule has 0 bridgehead atoms. The molecule has 0 saturated carbocycles. The zero-order valence-electron chi connectivity index (χ0n) is 27.2. The van der Waals surface area contributed by atoms with Gasteiger partial charge < -0.3 is 33.9 Å². The van der Waals surface area contributed by atoms with Crippen LogP contribution >= 0.6 is 11.3 Å². The average Bonchev–Trinajstić information content (AvgIpc) is 3.43. The third-order valence-corrected chi connectivity index (χ3v) is 9.60. The van der Waals surface area contributed by atoms with E-state index in [0.29, 0.717) is 52.0 Å². The van der Waals surface area contributed by atoms with Crippen molar-refractivity contribution < 1.29 is 33.6 Å². The van der Waals surface area contributed by atoms with Crippen LogP contribution in [-0.4, -0.2) is 79.6 Å². The summed E-state index contributed by atoms with van der Waals surface area (Å²) in [6, 6.07) is 3.88. The van der Waals surface area contributed by atoms with Crippen LogP contribution in [0.5, 0.6) is 17.2 Å². The molecular weight excluding hydrogens is 612 g/mol. The minimum atomic E-state index is -0.785. The van der Waals surface area contributed by atoms with Gasteiger partial charge >= 0.3 is 11.9 Å². The molecule has 2 aliphatic heterocycles. The molecule has 2 atom stereocenters. The molecule has 1 saturated heterocycles. The third kappa shape index (κ3) is 6.91. The van der Waals surface area contributed by atoms with Gasteiger partial charge in [-0.3, -0.25) is 10.1 Å². The molecule has 2 aliphatic rings. The predicted molar refractivity (Wildman–Crippen MR) is 175 cm³/mol. The number of carbonyl (C=O) groups is 2. The maximum atomic E-state index is 12.5. The Hall–Kier alpha value is -4.33. The molecule has 0 radical (unpaired) electrons. The van der Waals surface area contributed by atoms with Gasteiger partial charge in [-0.05, 0) is 63.1 Å². The number of ether oxygens (including phenoxy) is 4. The first-order chi connectivity index (χ1) is 22.2. The van der Waals surface area contributed by atoms with Crippen molar-refractivity contribution in [3.05, 3.63) is 33.8 Å². The Bertz CT molecular complexity index is 1560. The highest BCUT2D eigenvalue weighted by molar-refractivity contribution is 7.17. The van der Waals surface area contributed by atoms with Crippen LogP contribution in [-0.2, 0) is 22.5 Å². The molecule has 0 spiro atoms. The van der Waals surface area contributed by atoms with E-state index < -0.39 is 17.9 Å². The molecular formula is C32H42N6O7S. The fourth-order valence-electron chi connectivity index (χ4n) is 6.16. The standard InChI is InChI=1S/C32H42N6O7S/c1-7-45-30(41)26-19(3)33-32(46-26)36-31-34-27-22(28(35-31)38-12-8-10-21(17-38)18(2)29(39)40)11-9-13-37(27)16-20-14-23(42-4)25(44-6)24(15-20)43-5/h14-15,18,21H,7-13,16-17H2,1-6H3,(H,39,40)(H,33,34,35,36). The summed E-state index contributed by atoms with van der Waals surface area (Å²) in [4.78, 5) is 43.8. The predicted octanol–water partition coefficient (Wildman–Crippen LogP) is 5.08. The lowest BCUT2D eigenvalue weighted by Crippen LogP contribution is -2.41. The van der Waals surface area contributed by atoms with Crippen LogP contribution in [0.25, 0.3) is 0 Å². The van der Waals surface area contributed by atoms with E-state index in [2.05, 4.69) is 20.1 Å². The van der Waals surface area contributed by atoms with Gasteiger partial charge in [-0.25, -0.2) is 9.78 Å². The van der Waals surface area contributed by atoms with Gasteiger partial charge in [0.2, 0.25) is 11.7 Å². The van der Waals surface area contributed by atoms with Crippen molar-refractivity contribution in [2.45, 2.75) is 53.0 Å². The van der Waals surface area contributed by atoms with Crippen LogP contribution in [0.1, 0.15) is 59.6 Å². The smallest absolute Gasteiger partial charge is 0.350 e. The van der Waals surface area contributed by atoms with E-state index in [0.717, 1.165) is 61.5 Å². The van der Waals surface area contributed by atoms with Crippen LogP contribution in [0.3, 0.4) is 0 Å². The van der Waals surface area contributed by atoms with Gasteiger partial charge in [0.15, 0.2) is 16.6 Å². The van der Waals surface area contributed by atoms with Crippen molar-refractivity contribution in [2.75, 3.05) is 62.7 Å². The number of methoxy groups -OCH3 is 3. The molecule has 0 aliphatic carbocycles. The zero-order chi connectivity index (χ0) is 33.0. The van der Waals surface area contributed by atoms with E-state index in [1.54, 1.807) is 42.1 Å². The van der Waals surface area contributed by atoms with Crippen molar-refractivity contribution >= 4 is 46.0 Å². The minimum absolute atomic E-state index is 0.000875. The van der Waals surface area contributed by atoms with Gasteiger partial charge in [0.1, 0.15) is 16.5 Å². The number of nitrogens with zero attached hydrogens (tertiary/aromatic N) is 5. The van der Waals surface area contributed by atoms with Crippen LogP contribution in [0.2, 0.25) is 0 Å². The first-order valence-corrected chi connectivity index (χ1v) is 16.3. The summed E-state index contributed by atoms with van der Waals surface area (Å²) in [5, 5.41) is 13.5. The second kappa shape index (κ2) is 14.4. The van der Waals surface area contributed by atoms with Crippen molar-refractivity contribution in [1.82, 2.24) is 15.0 Å². The number of carboxylic acid groups (broad SMARTS) is 1. The summed E-state index contributed by atoms with van der Waals surface area (Å²) >= 11 is 1.19. The normalized spacial score (nSPS) is 16.8. The van der Waals surface area contributed by atoms with Crippen LogP contribution in [0.15, 0.2) is 12.1 Å². The van der Waals surface area contributed by atoms with Crippen LogP contribution in [0.4, 0.5) is 22.7 Å². The van der Waals surface area contributed by atoms with Crippen molar-refractivity contribution in [2.24, 2.45) is 11.8 Å². The molecule has 13 nitrogen and oxygen atoms in total. The molecule has 4 heterocycles. The molecule has 1 fully saturated rings. The molecule has 1 aromatic carbocycles. The Morgan fingerprint density at radius 3 is 2.43 bits per heavy atom. The quantitative estimate of drug-likeness (QED) is 0.250. The number of nitrogens with one attached hydrogen (secondary N) is 1. The highest BCUT2D eigenvalue weighted by Gasteiger charge is 2.33. The number of esters is 1. The maximum Gasteiger partial charge on any atom is 0.350 e. The van der Waals surface area contributed by atoms with Gasteiger partial charge in [-0.2, -0.15) is 9.97 Å². The topological polar surface area (TPSA) is 148 Å². The highest BCUT2D eigenvalue weighted by atomic mass is 32.1. The summed E-state index contributed by atoms with van der Waals surface area (Å²) in [5.41, 5.74) is 2.55. The van der Waals surface area contributed by atoms with E-state index in [-0.39, 0.29) is 12.5 Å². The van der Waals surface area contributed by atoms with Crippen LogP contribution < -0.4 is 29.3 Å². The fourth-order valence-corrected chi connectivity index (χ4v) is 7.01. The van der Waals surface area contributed by atoms with Crippen molar-refractivity contribution in [3.63, 3.8) is 0 Å². The molecule has 0 amide bonds. The molecule has 46 heavy (non-hydrogen) atoms. The summed E-state index contributed by atoms with van der Waals surface area (Å²) in [5.74, 6) is 1.95. The van der Waals surface area contributed by atoms with Crippen molar-refractivity contribution in [1.29, 1.82) is 0 Å². The number of rotatable bonds is 12. The Morgan fingerprint density at radius 1 is 1.07 bits per heavy atom. The second-order valence-corrected chi connectivity index (χ2v) is 12.5. The molecule has 248 valence electrons. The Kier molecular flexibility index (Phi) is 10.3. The van der Waals surface area contributed by atoms with E-state index in [9.17, 15) is 14.7 Å². The summed E-state index contributed by atoms with van der Waals surface area (Å²) in [7, 11) is 4.77. The number of aliphatic carboxylic acids is 1. The average molecular weight is 655 g/mol. The number of benzene rings is 1. The number of aromatic nitrogens is 3. The number of carbonyl (C=O) groups excluding carboxylic acids is 1. The van der Waals surface area contributed by atoms with Gasteiger partial charge in [-0.15, -0.1) is 0 Å². The number of carboxylic acids is 1. The summed E-state index contributed by atoms with van der Waals surface area (Å²) in [6.45, 7) is 8.24. The van der Waals surface area contributed by atoms with Crippen molar-refractivity contribution in [3.8, 4) is 17.2 Å². The SMILES string of the molecule is CCOC(=O)c1sc(Nc2nc3c(c(N4CCCC(C(C)C(=O)O)C4)n2)CCCN3Cc2cc(OC)c(OC)c(OC)c2)nc1C. The van der Waals surface area contributed by atoms with E-state index in [1.807, 2.05) is 12.1 Å². The monoisotopic (exact) mass is 654 g/mol. The van der Waals surface area contributed by atoms with Crippen LogP contribution in [0, 0.1) is 18.8 Å². The molecule has 3 aromatic rings. The molecule has 2 aromatic heterocycles. The van der Waals surface area contributed by atoms with E-state index in [1.165, 1.54) is 11.3 Å². The Balaban J connectivity index is 1.55. The number of thiazole rings is 1. The van der Waals surface area contributed by atoms with Gasteiger partial charge in [-0.1, -0.05) is 18.3 Å². The first-order valence-electron chi connectivity index (χ1n) is 15.5. The third-order valence-electron chi connectivity index (χ3n) is 8.55. The summed E-state index contributed by atoms with van der Waals surface area (Å²) in [6.07, 6.45) is 3.41. The lowest BCUT2D eigenvalue weighted by atomic mass is 9.86. The number of hydrogen-bond donors (Lipinski definition) is 2. The number of hydrogen-bond acceptors (Lipinski definition) is 13. The minimum Gasteiger partial charge on any atom is -0.493 e. The van der Waals surface area contributed by atoms with E-state index in [4.69, 9.17) is 28.9 Å². The Morgan fingerprint density at radius 2 is 1.78 bits per heavy atom. The number of piperidine rings is 1. The molecule has 2 unspecified atom stereocenters. The molecule has 14 heteroatoms. The lowest BCUT2D eigenvalue weighted by molar-refractivity contribution is -0.143.